The van der Waals surface area contributed by atoms with Gasteiger partial charge in [0.25, 0.3) is 11.5 Å². The van der Waals surface area contributed by atoms with E-state index >= 15 is 0 Å². The van der Waals surface area contributed by atoms with E-state index in [4.69, 9.17) is 5.73 Å². The van der Waals surface area contributed by atoms with Gasteiger partial charge in [-0.3, -0.25) is 19.1 Å². The summed E-state index contributed by atoms with van der Waals surface area (Å²) in [4.78, 5) is 42.1. The molecule has 0 atom stereocenters. The molecular formula is C22H33N5O5S. The van der Waals surface area contributed by atoms with Crippen LogP contribution in [0.4, 0.5) is 11.5 Å². The molecule has 0 radical (unpaired) electrons. The minimum atomic E-state index is -3.76. The lowest BCUT2D eigenvalue weighted by molar-refractivity contribution is 0.0986. The highest BCUT2D eigenvalue weighted by molar-refractivity contribution is 7.89. The van der Waals surface area contributed by atoms with Crippen LogP contribution in [0.2, 0.25) is 0 Å². The van der Waals surface area contributed by atoms with Crippen LogP contribution in [0.3, 0.4) is 0 Å². The minimum Gasteiger partial charge on any atom is -0.383 e. The number of nitrogen functional groups attached to an aromatic ring is 1. The molecule has 0 bridgehead atoms. The van der Waals surface area contributed by atoms with Crippen LogP contribution >= 0.6 is 0 Å². The molecule has 0 aliphatic heterocycles. The lowest BCUT2D eigenvalue weighted by atomic mass is 10.1. The first-order valence-electron chi connectivity index (χ1n) is 11.0. The number of carbonyl (C=O) groups excluding carboxylic acids is 1. The zero-order chi connectivity index (χ0) is 24.8. The van der Waals surface area contributed by atoms with Gasteiger partial charge in [0.05, 0.1) is 4.90 Å². The Morgan fingerprint density at radius 2 is 1.76 bits per heavy atom. The van der Waals surface area contributed by atoms with Gasteiger partial charge < -0.3 is 10.6 Å². The fraction of sp³-hybridized carbons (Fsp3) is 0.500. The Balaban J connectivity index is 2.62. The zero-order valence-corrected chi connectivity index (χ0v) is 20.4. The normalized spacial score (nSPS) is 11.7. The smallest absolute Gasteiger partial charge is 0.330 e. The highest BCUT2D eigenvalue weighted by atomic mass is 32.2. The summed E-state index contributed by atoms with van der Waals surface area (Å²) in [5, 5.41) is 0. The van der Waals surface area contributed by atoms with Crippen LogP contribution in [0.15, 0.2) is 38.8 Å². The highest BCUT2D eigenvalue weighted by Gasteiger charge is 2.26. The summed E-state index contributed by atoms with van der Waals surface area (Å²) in [5.41, 5.74) is 4.84. The number of carbonyl (C=O) groups is 1. The summed E-state index contributed by atoms with van der Waals surface area (Å²) in [6, 6.07) is 5.65. The van der Waals surface area contributed by atoms with Crippen LogP contribution in [0.1, 0.15) is 56.3 Å². The number of aromatic nitrogens is 2. The molecule has 0 unspecified atom stereocenters. The zero-order valence-electron chi connectivity index (χ0n) is 19.6. The molecule has 182 valence electrons. The second-order valence-electron chi connectivity index (χ2n) is 7.98. The van der Waals surface area contributed by atoms with Crippen LogP contribution in [0, 0.1) is 0 Å². The topological polar surface area (TPSA) is 139 Å². The van der Waals surface area contributed by atoms with Crippen molar-refractivity contribution in [2.24, 2.45) is 0 Å². The van der Waals surface area contributed by atoms with Crippen molar-refractivity contribution in [3.05, 3.63) is 50.7 Å². The molecule has 0 fully saturated rings. The number of unbranched alkanes of at least 4 members (excludes halogenated alkanes) is 3. The number of nitrogens with zero attached hydrogens (tertiary/aromatic N) is 3. The number of nitrogens with two attached hydrogens (primary N) is 1. The van der Waals surface area contributed by atoms with E-state index in [-0.39, 0.29) is 28.5 Å². The third kappa shape index (κ3) is 5.91. The molecule has 1 amide bonds. The molecule has 0 spiro atoms. The number of nitrogens with one attached hydrogen (secondary N) is 1. The Hall–Kier alpha value is -2.92. The summed E-state index contributed by atoms with van der Waals surface area (Å²) < 4.78 is 27.4. The van der Waals surface area contributed by atoms with Crippen molar-refractivity contribution in [2.45, 2.75) is 57.4 Å². The number of H-pyrrole nitrogens is 1. The molecule has 0 aliphatic carbocycles. The number of amides is 1. The number of anilines is 2. The summed E-state index contributed by atoms with van der Waals surface area (Å²) in [5.74, 6) is -0.654. The lowest BCUT2D eigenvalue weighted by Crippen LogP contribution is -2.41. The van der Waals surface area contributed by atoms with Gasteiger partial charge in [0.2, 0.25) is 10.0 Å². The maximum atomic E-state index is 13.5. The molecular weight excluding hydrogens is 446 g/mol. The first-order chi connectivity index (χ1) is 15.6. The number of rotatable bonds is 11. The van der Waals surface area contributed by atoms with Gasteiger partial charge in [-0.1, -0.05) is 39.2 Å². The molecule has 0 aliphatic rings. The van der Waals surface area contributed by atoms with E-state index < -0.39 is 27.2 Å². The largest absolute Gasteiger partial charge is 0.383 e. The summed E-state index contributed by atoms with van der Waals surface area (Å²) >= 11 is 0. The number of aromatic amines is 1. The third-order valence-corrected chi connectivity index (χ3v) is 7.12. The van der Waals surface area contributed by atoms with Gasteiger partial charge >= 0.3 is 5.69 Å². The van der Waals surface area contributed by atoms with Gasteiger partial charge in [-0.15, -0.1) is 0 Å². The van der Waals surface area contributed by atoms with Crippen molar-refractivity contribution in [1.29, 1.82) is 0 Å². The van der Waals surface area contributed by atoms with E-state index in [2.05, 4.69) is 4.98 Å². The van der Waals surface area contributed by atoms with E-state index in [9.17, 15) is 22.8 Å². The SMILES string of the molecule is CCCCCN(C(=O)c1cccc(S(=O)(=O)N(C)C)c1)c1c(N)n(CCCC)c(=O)[nH]c1=O. The van der Waals surface area contributed by atoms with Gasteiger partial charge in [0.15, 0.2) is 5.69 Å². The highest BCUT2D eigenvalue weighted by Crippen LogP contribution is 2.22. The molecule has 2 aromatic rings. The quantitative estimate of drug-likeness (QED) is 0.473. The van der Waals surface area contributed by atoms with Gasteiger partial charge in [-0.25, -0.2) is 17.5 Å². The van der Waals surface area contributed by atoms with E-state index in [1.807, 2.05) is 13.8 Å². The van der Waals surface area contributed by atoms with E-state index in [0.29, 0.717) is 19.4 Å². The number of benzene rings is 1. The maximum absolute atomic E-state index is 13.5. The summed E-state index contributed by atoms with van der Waals surface area (Å²) in [7, 11) is -0.952. The molecule has 3 N–H and O–H groups in total. The van der Waals surface area contributed by atoms with Crippen molar-refractivity contribution in [1.82, 2.24) is 13.9 Å². The molecule has 0 saturated heterocycles. The predicted molar refractivity (Wildman–Crippen MR) is 129 cm³/mol. The van der Waals surface area contributed by atoms with E-state index in [1.54, 1.807) is 0 Å². The summed E-state index contributed by atoms with van der Waals surface area (Å²) in [6.07, 6.45) is 3.79. The predicted octanol–water partition coefficient (Wildman–Crippen LogP) is 2.01. The van der Waals surface area contributed by atoms with Gasteiger partial charge in [0, 0.05) is 32.7 Å². The van der Waals surface area contributed by atoms with Crippen molar-refractivity contribution in [2.75, 3.05) is 31.3 Å². The van der Waals surface area contributed by atoms with Gasteiger partial charge in [0.1, 0.15) is 5.82 Å². The molecule has 11 heteroatoms. The molecule has 10 nitrogen and oxygen atoms in total. The molecule has 1 heterocycles. The van der Waals surface area contributed by atoms with Crippen LogP contribution in [0.5, 0.6) is 0 Å². The van der Waals surface area contributed by atoms with Gasteiger partial charge in [-0.2, -0.15) is 0 Å². The van der Waals surface area contributed by atoms with Gasteiger partial charge in [-0.05, 0) is 31.0 Å². The Morgan fingerprint density at radius 3 is 2.36 bits per heavy atom. The van der Waals surface area contributed by atoms with E-state index in [0.717, 1.165) is 23.6 Å². The van der Waals surface area contributed by atoms with Crippen LogP contribution < -0.4 is 21.9 Å². The Morgan fingerprint density at radius 1 is 1.09 bits per heavy atom. The number of hydrogen-bond acceptors (Lipinski definition) is 6. The fourth-order valence-electron chi connectivity index (χ4n) is 3.37. The van der Waals surface area contributed by atoms with Crippen molar-refractivity contribution < 1.29 is 13.2 Å². The lowest BCUT2D eigenvalue weighted by Gasteiger charge is -2.25. The molecule has 1 aromatic heterocycles. The number of hydrogen-bond donors (Lipinski definition) is 2. The first kappa shape index (κ1) is 26.3. The average molecular weight is 480 g/mol. The molecule has 0 saturated carbocycles. The Kier molecular flexibility index (Phi) is 9.00. The standard InChI is InChI=1S/C22H33N5O5S/c1-5-7-9-14-26(18-19(23)27(13-8-6-2)22(30)24-20(18)28)21(29)16-11-10-12-17(15-16)33(31,32)25(3)4/h10-12,15H,5-9,13-14,23H2,1-4H3,(H,24,28,30). The second-order valence-corrected chi connectivity index (χ2v) is 10.1. The minimum absolute atomic E-state index is 0.0401. The van der Waals surface area contributed by atoms with Crippen LogP contribution in [0.25, 0.3) is 0 Å². The second kappa shape index (κ2) is 11.3. The summed E-state index contributed by atoms with van der Waals surface area (Å²) in [6.45, 7) is 4.46. The Bertz CT molecular complexity index is 1200. The number of sulfonamides is 1. The third-order valence-electron chi connectivity index (χ3n) is 5.31. The molecule has 33 heavy (non-hydrogen) atoms. The van der Waals surface area contributed by atoms with Crippen molar-refractivity contribution in [3.8, 4) is 0 Å². The van der Waals surface area contributed by atoms with E-state index in [1.165, 1.54) is 47.8 Å². The van der Waals surface area contributed by atoms with Crippen molar-refractivity contribution >= 4 is 27.4 Å². The van der Waals surface area contributed by atoms with Crippen LogP contribution in [-0.4, -0.2) is 48.8 Å². The first-order valence-corrected chi connectivity index (χ1v) is 12.5. The average Bonchev–Trinajstić information content (AvgIpc) is 2.77. The Labute approximate surface area is 194 Å². The molecule has 1 aromatic carbocycles. The van der Waals surface area contributed by atoms with Crippen LogP contribution in [-0.2, 0) is 16.6 Å². The monoisotopic (exact) mass is 479 g/mol. The fourth-order valence-corrected chi connectivity index (χ4v) is 4.32. The van der Waals surface area contributed by atoms with Crippen molar-refractivity contribution in [3.63, 3.8) is 0 Å². The molecule has 2 rings (SSSR count). The maximum Gasteiger partial charge on any atom is 0.330 e.